The Morgan fingerprint density at radius 1 is 1.59 bits per heavy atom. The van der Waals surface area contributed by atoms with Gasteiger partial charge in [0.2, 0.25) is 0 Å². The molecule has 17 heavy (non-hydrogen) atoms. The van der Waals surface area contributed by atoms with Crippen LogP contribution in [0.1, 0.15) is 18.9 Å². The molecule has 0 fully saturated rings. The fourth-order valence-corrected chi connectivity index (χ4v) is 1.91. The first kappa shape index (κ1) is 11.7. The van der Waals surface area contributed by atoms with Gasteiger partial charge < -0.3 is 15.5 Å². The van der Waals surface area contributed by atoms with E-state index in [0.717, 1.165) is 23.5 Å². The van der Waals surface area contributed by atoms with E-state index in [1.165, 1.54) is 0 Å². The minimum atomic E-state index is -0.168. The normalized spacial score (nSPS) is 13.6. The van der Waals surface area contributed by atoms with E-state index >= 15 is 0 Å². The highest BCUT2D eigenvalue weighted by Gasteiger charge is 2.19. The molecule has 0 spiro atoms. The molecule has 5 heteroatoms. The van der Waals surface area contributed by atoms with Gasteiger partial charge in [-0.05, 0) is 30.7 Å². The molecule has 1 heterocycles. The number of nitrogen functional groups attached to an aromatic ring is 1. The number of nitrogens with zero attached hydrogens (tertiary/aromatic N) is 1. The zero-order chi connectivity index (χ0) is 12.3. The Kier molecular flexibility index (Phi) is 3.49. The quantitative estimate of drug-likeness (QED) is 0.603. The van der Waals surface area contributed by atoms with Crippen LogP contribution in [0.2, 0.25) is 0 Å². The van der Waals surface area contributed by atoms with Crippen molar-refractivity contribution in [3.8, 4) is 0 Å². The maximum Gasteiger partial charge on any atom is 0.307 e. The molecule has 2 rings (SSSR count). The van der Waals surface area contributed by atoms with Gasteiger partial charge in [0.15, 0.2) is 0 Å². The summed E-state index contributed by atoms with van der Waals surface area (Å²) >= 11 is 0. The van der Waals surface area contributed by atoms with E-state index in [0.29, 0.717) is 19.6 Å². The lowest BCUT2D eigenvalue weighted by Crippen LogP contribution is -2.34. The molecule has 0 amide bonds. The molecule has 0 unspecified atom stereocenters. The number of esters is 1. The van der Waals surface area contributed by atoms with Crippen LogP contribution in [-0.2, 0) is 16.1 Å². The number of benzene rings is 1. The molecule has 92 valence electrons. The summed E-state index contributed by atoms with van der Waals surface area (Å²) in [4.78, 5) is 11.3. The maximum atomic E-state index is 11.3. The van der Waals surface area contributed by atoms with E-state index in [9.17, 15) is 4.79 Å². The van der Waals surface area contributed by atoms with Crippen molar-refractivity contribution in [2.24, 2.45) is 0 Å². The van der Waals surface area contributed by atoms with Crippen LogP contribution in [0, 0.1) is 0 Å². The zero-order valence-corrected chi connectivity index (χ0v) is 9.90. The number of nitrogens with one attached hydrogen (secondary N) is 1. The molecule has 1 aromatic rings. The highest BCUT2D eigenvalue weighted by atomic mass is 16.5. The van der Waals surface area contributed by atoms with Crippen molar-refractivity contribution < 1.29 is 9.53 Å². The molecule has 0 aromatic heterocycles. The number of nitrogens with two attached hydrogens (primary N) is 1. The first-order valence-corrected chi connectivity index (χ1v) is 5.75. The smallest absolute Gasteiger partial charge is 0.307 e. The van der Waals surface area contributed by atoms with Gasteiger partial charge in [0, 0.05) is 18.8 Å². The van der Waals surface area contributed by atoms with Crippen LogP contribution in [0.4, 0.5) is 11.4 Å². The van der Waals surface area contributed by atoms with E-state index in [1.807, 2.05) is 30.1 Å². The summed E-state index contributed by atoms with van der Waals surface area (Å²) in [5.41, 5.74) is 11.9. The van der Waals surface area contributed by atoms with Gasteiger partial charge in [0.25, 0.3) is 0 Å². The highest BCUT2D eigenvalue weighted by Crippen LogP contribution is 2.26. The Morgan fingerprint density at radius 2 is 2.41 bits per heavy atom. The second-order valence-electron chi connectivity index (χ2n) is 3.93. The second kappa shape index (κ2) is 5.05. The van der Waals surface area contributed by atoms with Crippen molar-refractivity contribution in [3.05, 3.63) is 23.8 Å². The van der Waals surface area contributed by atoms with Gasteiger partial charge in [-0.2, -0.15) is 0 Å². The Balaban J connectivity index is 1.95. The SMILES string of the molecule is CCOC(=O)CCN1NCc2cc(N)ccc21. The number of rotatable bonds is 4. The van der Waals surface area contributed by atoms with Crippen LogP contribution in [0.3, 0.4) is 0 Å². The number of hydrazine groups is 1. The Labute approximate surface area is 101 Å². The largest absolute Gasteiger partial charge is 0.466 e. The van der Waals surface area contributed by atoms with E-state index in [4.69, 9.17) is 10.5 Å². The predicted molar refractivity (Wildman–Crippen MR) is 66.3 cm³/mol. The van der Waals surface area contributed by atoms with Crippen LogP contribution in [0.5, 0.6) is 0 Å². The van der Waals surface area contributed by atoms with E-state index in [-0.39, 0.29) is 5.97 Å². The molecule has 0 aliphatic carbocycles. The zero-order valence-electron chi connectivity index (χ0n) is 9.90. The first-order valence-electron chi connectivity index (χ1n) is 5.75. The molecule has 0 atom stereocenters. The summed E-state index contributed by atoms with van der Waals surface area (Å²) in [5, 5.41) is 1.96. The van der Waals surface area contributed by atoms with Gasteiger partial charge in [0.05, 0.1) is 18.7 Å². The predicted octanol–water partition coefficient (Wildman–Crippen LogP) is 1.05. The van der Waals surface area contributed by atoms with Crippen LogP contribution in [0.15, 0.2) is 18.2 Å². The standard InChI is InChI=1S/C12H17N3O2/c1-2-17-12(16)5-6-15-11-4-3-10(13)7-9(11)8-14-15/h3-4,7,14H,2,5-6,8,13H2,1H3. The summed E-state index contributed by atoms with van der Waals surface area (Å²) in [6.07, 6.45) is 0.380. The molecule has 0 saturated carbocycles. The lowest BCUT2D eigenvalue weighted by Gasteiger charge is -2.18. The lowest BCUT2D eigenvalue weighted by molar-refractivity contribution is -0.142. The van der Waals surface area contributed by atoms with Gasteiger partial charge in [0.1, 0.15) is 0 Å². The van der Waals surface area contributed by atoms with Crippen molar-refractivity contribution in [2.45, 2.75) is 19.9 Å². The number of ether oxygens (including phenoxy) is 1. The summed E-state index contributed by atoms with van der Waals surface area (Å²) in [6.45, 7) is 3.60. The molecular formula is C12H17N3O2. The number of fused-ring (bicyclic) bond motifs is 1. The maximum absolute atomic E-state index is 11.3. The van der Waals surface area contributed by atoms with Crippen molar-refractivity contribution >= 4 is 17.3 Å². The molecule has 0 saturated heterocycles. The third-order valence-corrected chi connectivity index (χ3v) is 2.70. The fourth-order valence-electron chi connectivity index (χ4n) is 1.91. The Hall–Kier alpha value is -1.75. The second-order valence-corrected chi connectivity index (χ2v) is 3.93. The van der Waals surface area contributed by atoms with Crippen molar-refractivity contribution in [1.82, 2.24) is 5.43 Å². The topological polar surface area (TPSA) is 67.6 Å². The van der Waals surface area contributed by atoms with E-state index in [1.54, 1.807) is 0 Å². The minimum Gasteiger partial charge on any atom is -0.466 e. The summed E-state index contributed by atoms with van der Waals surface area (Å²) < 4.78 is 4.90. The van der Waals surface area contributed by atoms with Gasteiger partial charge >= 0.3 is 5.97 Å². The average Bonchev–Trinajstić information content (AvgIpc) is 2.69. The number of hydrogen-bond acceptors (Lipinski definition) is 5. The number of carbonyl (C=O) groups excluding carboxylic acids is 1. The molecule has 1 aliphatic heterocycles. The van der Waals surface area contributed by atoms with Crippen molar-refractivity contribution in [1.29, 1.82) is 0 Å². The molecule has 1 aliphatic rings. The summed E-state index contributed by atoms with van der Waals surface area (Å²) in [6, 6.07) is 5.78. The minimum absolute atomic E-state index is 0.168. The van der Waals surface area contributed by atoms with Crippen LogP contribution in [0.25, 0.3) is 0 Å². The van der Waals surface area contributed by atoms with Gasteiger partial charge in [-0.3, -0.25) is 4.79 Å². The van der Waals surface area contributed by atoms with Gasteiger partial charge in [-0.25, -0.2) is 5.43 Å². The average molecular weight is 235 g/mol. The molecular weight excluding hydrogens is 218 g/mol. The Bertz CT molecular complexity index is 420. The number of carbonyl (C=O) groups is 1. The van der Waals surface area contributed by atoms with E-state index < -0.39 is 0 Å². The van der Waals surface area contributed by atoms with Crippen molar-refractivity contribution in [3.63, 3.8) is 0 Å². The fraction of sp³-hybridized carbons (Fsp3) is 0.417. The first-order chi connectivity index (χ1) is 8.20. The van der Waals surface area contributed by atoms with Gasteiger partial charge in [-0.1, -0.05) is 0 Å². The summed E-state index contributed by atoms with van der Waals surface area (Å²) in [5.74, 6) is -0.168. The molecule has 1 aromatic carbocycles. The van der Waals surface area contributed by atoms with Crippen molar-refractivity contribution in [2.75, 3.05) is 23.9 Å². The molecule has 0 bridgehead atoms. The van der Waals surface area contributed by atoms with Crippen LogP contribution >= 0.6 is 0 Å². The summed E-state index contributed by atoms with van der Waals surface area (Å²) in [7, 11) is 0. The molecule has 5 nitrogen and oxygen atoms in total. The number of anilines is 2. The third-order valence-electron chi connectivity index (χ3n) is 2.70. The van der Waals surface area contributed by atoms with Crippen LogP contribution in [-0.4, -0.2) is 19.1 Å². The third kappa shape index (κ3) is 2.68. The number of hydrogen-bond donors (Lipinski definition) is 2. The Morgan fingerprint density at radius 3 is 3.18 bits per heavy atom. The molecule has 0 radical (unpaired) electrons. The van der Waals surface area contributed by atoms with E-state index in [2.05, 4.69) is 5.43 Å². The highest BCUT2D eigenvalue weighted by molar-refractivity contribution is 5.70. The monoisotopic (exact) mass is 235 g/mol. The molecule has 3 N–H and O–H groups in total. The van der Waals surface area contributed by atoms with Gasteiger partial charge in [-0.15, -0.1) is 0 Å². The van der Waals surface area contributed by atoms with Crippen LogP contribution < -0.4 is 16.2 Å². The lowest BCUT2D eigenvalue weighted by atomic mass is 10.1.